The number of pyridine rings is 1. The molecule has 5 rings (SSSR count). The quantitative estimate of drug-likeness (QED) is 0.169. The zero-order chi connectivity index (χ0) is 33.8. The third-order valence-corrected chi connectivity index (χ3v) is 8.33. The molecular weight excluding hydrogens is 597 g/mol. The molecule has 0 aliphatic carbocycles. The van der Waals surface area contributed by atoms with E-state index in [9.17, 15) is 14.3 Å². The van der Waals surface area contributed by atoms with Gasteiger partial charge in [0.2, 0.25) is 0 Å². The Bertz CT molecular complexity index is 1660. The van der Waals surface area contributed by atoms with E-state index in [1.54, 1.807) is 24.5 Å². The summed E-state index contributed by atoms with van der Waals surface area (Å²) in [6, 6.07) is 14.1. The number of hydrogen-bond donors (Lipinski definition) is 2. The van der Waals surface area contributed by atoms with Crippen molar-refractivity contribution in [3.8, 4) is 16.9 Å². The number of piperidine rings is 1. The Labute approximate surface area is 276 Å². The van der Waals surface area contributed by atoms with Gasteiger partial charge in [0.15, 0.2) is 6.10 Å². The molecule has 0 saturated carbocycles. The van der Waals surface area contributed by atoms with Crippen LogP contribution in [-0.4, -0.2) is 51.3 Å². The molecule has 0 spiro atoms. The van der Waals surface area contributed by atoms with Crippen LogP contribution in [0.25, 0.3) is 11.1 Å². The van der Waals surface area contributed by atoms with Crippen LogP contribution in [0.5, 0.6) is 5.75 Å². The Balaban J connectivity index is 1.61. The van der Waals surface area contributed by atoms with E-state index >= 15 is 0 Å². The van der Waals surface area contributed by atoms with E-state index < -0.39 is 17.7 Å². The van der Waals surface area contributed by atoms with Crippen LogP contribution in [0.3, 0.4) is 0 Å². The van der Waals surface area contributed by atoms with Crippen LogP contribution in [0.15, 0.2) is 67.3 Å². The molecule has 248 valence electrons. The van der Waals surface area contributed by atoms with Gasteiger partial charge in [-0.05, 0) is 81.3 Å². The number of halogens is 1. The molecule has 0 radical (unpaired) electrons. The number of anilines is 3. The number of aliphatic carboxylic acids is 1. The fourth-order valence-electron chi connectivity index (χ4n) is 5.79. The highest BCUT2D eigenvalue weighted by Crippen LogP contribution is 2.47. The number of hydrogen-bond acceptors (Lipinski definition) is 8. The Kier molecular flexibility index (Phi) is 10.1. The molecular formula is C37H44FN5O4. The predicted molar refractivity (Wildman–Crippen MR) is 182 cm³/mol. The summed E-state index contributed by atoms with van der Waals surface area (Å²) in [6.45, 7) is 13.9. The predicted octanol–water partition coefficient (Wildman–Crippen LogP) is 7.92. The molecule has 2 aromatic carbocycles. The molecule has 2 aromatic heterocycles. The van der Waals surface area contributed by atoms with Crippen molar-refractivity contribution in [3.63, 3.8) is 0 Å². The lowest BCUT2D eigenvalue weighted by Crippen LogP contribution is -2.39. The lowest BCUT2D eigenvalue weighted by molar-refractivity contribution is -0.160. The maximum absolute atomic E-state index is 13.3. The summed E-state index contributed by atoms with van der Waals surface area (Å²) in [5.41, 5.74) is 4.57. The smallest absolute Gasteiger partial charge is 0.337 e. The van der Waals surface area contributed by atoms with Crippen molar-refractivity contribution in [1.82, 2.24) is 15.0 Å². The number of ether oxygens (including phenoxy) is 2. The van der Waals surface area contributed by atoms with Crippen LogP contribution in [0, 0.1) is 18.2 Å². The number of aryl methyl sites for hydroxylation is 1. The number of carboxylic acids is 1. The first-order chi connectivity index (χ1) is 22.3. The fraction of sp³-hybridized carbons (Fsp3) is 0.405. The first-order valence-electron chi connectivity index (χ1n) is 16.0. The van der Waals surface area contributed by atoms with Gasteiger partial charge in [-0.2, -0.15) is 0 Å². The number of rotatable bonds is 11. The highest BCUT2D eigenvalue weighted by molar-refractivity contribution is 5.93. The average Bonchev–Trinajstić information content (AvgIpc) is 3.01. The fourth-order valence-corrected chi connectivity index (χ4v) is 5.79. The first-order valence-corrected chi connectivity index (χ1v) is 16.0. The van der Waals surface area contributed by atoms with Crippen molar-refractivity contribution >= 4 is 23.2 Å². The van der Waals surface area contributed by atoms with Gasteiger partial charge in [-0.25, -0.2) is 24.1 Å². The Morgan fingerprint density at radius 3 is 2.28 bits per heavy atom. The number of nitrogens with zero attached hydrogens (tertiary/aromatic N) is 4. The number of nitrogens with one attached hydrogen (secondary N) is 1. The second-order valence-corrected chi connectivity index (χ2v) is 13.8. The Morgan fingerprint density at radius 2 is 1.68 bits per heavy atom. The highest BCUT2D eigenvalue weighted by atomic mass is 19.1. The Hall–Kier alpha value is -4.57. The minimum Gasteiger partial charge on any atom is -0.493 e. The zero-order valence-corrected chi connectivity index (χ0v) is 28.0. The van der Waals surface area contributed by atoms with Crippen LogP contribution in [0.2, 0.25) is 0 Å². The molecule has 47 heavy (non-hydrogen) atoms. The van der Waals surface area contributed by atoms with E-state index in [4.69, 9.17) is 14.5 Å². The zero-order valence-electron chi connectivity index (χ0n) is 28.0. The number of benzene rings is 2. The third-order valence-electron chi connectivity index (χ3n) is 8.33. The second-order valence-electron chi connectivity index (χ2n) is 13.8. The van der Waals surface area contributed by atoms with Crippen LogP contribution >= 0.6 is 0 Å². The summed E-state index contributed by atoms with van der Waals surface area (Å²) in [7, 11) is 0. The third kappa shape index (κ3) is 8.62. The van der Waals surface area contributed by atoms with E-state index in [1.165, 1.54) is 18.5 Å². The van der Waals surface area contributed by atoms with E-state index in [2.05, 4.69) is 34.0 Å². The minimum atomic E-state index is -1.24. The van der Waals surface area contributed by atoms with Crippen molar-refractivity contribution in [1.29, 1.82) is 0 Å². The van der Waals surface area contributed by atoms with Gasteiger partial charge in [0, 0.05) is 36.3 Å². The van der Waals surface area contributed by atoms with E-state index in [-0.39, 0.29) is 11.2 Å². The van der Waals surface area contributed by atoms with E-state index in [0.717, 1.165) is 48.3 Å². The molecule has 9 nitrogen and oxygen atoms in total. The summed E-state index contributed by atoms with van der Waals surface area (Å²) in [4.78, 5) is 28.5. The van der Waals surface area contributed by atoms with Gasteiger partial charge in [0.05, 0.1) is 36.0 Å². The maximum atomic E-state index is 13.3. The molecule has 1 unspecified atom stereocenters. The van der Waals surface area contributed by atoms with Crippen LogP contribution in [0.1, 0.15) is 70.4 Å². The van der Waals surface area contributed by atoms with E-state index in [1.807, 2.05) is 52.0 Å². The molecule has 2 N–H and O–H groups in total. The molecule has 3 heterocycles. The largest absolute Gasteiger partial charge is 0.493 e. The lowest BCUT2D eigenvalue weighted by atomic mass is 9.82. The summed E-state index contributed by atoms with van der Waals surface area (Å²) >= 11 is 0. The molecule has 1 fully saturated rings. The highest BCUT2D eigenvalue weighted by Gasteiger charge is 2.37. The van der Waals surface area contributed by atoms with Crippen molar-refractivity contribution in [2.24, 2.45) is 5.41 Å². The van der Waals surface area contributed by atoms with Gasteiger partial charge >= 0.3 is 5.97 Å². The molecule has 1 aliphatic heterocycles. The summed E-state index contributed by atoms with van der Waals surface area (Å²) in [5.74, 6) is -0.0926. The number of carbonyl (C=O) groups is 1. The molecule has 1 aliphatic rings. The topological polar surface area (TPSA) is 110 Å². The summed E-state index contributed by atoms with van der Waals surface area (Å²) < 4.78 is 25.6. The van der Waals surface area contributed by atoms with Gasteiger partial charge in [-0.15, -0.1) is 0 Å². The normalized spacial score (nSPS) is 15.3. The minimum absolute atomic E-state index is 0.169. The Morgan fingerprint density at radius 1 is 1.04 bits per heavy atom. The second kappa shape index (κ2) is 14.0. The van der Waals surface area contributed by atoms with Gasteiger partial charge in [0.1, 0.15) is 23.7 Å². The average molecular weight is 642 g/mol. The van der Waals surface area contributed by atoms with Crippen molar-refractivity contribution in [2.45, 2.75) is 72.5 Å². The molecule has 0 bridgehead atoms. The molecule has 4 aromatic rings. The lowest BCUT2D eigenvalue weighted by Gasteiger charge is -2.41. The number of carboxylic acid groups (broad SMARTS) is 1. The van der Waals surface area contributed by atoms with Gasteiger partial charge in [0.25, 0.3) is 0 Å². The van der Waals surface area contributed by atoms with Crippen molar-refractivity contribution in [2.75, 3.05) is 29.9 Å². The van der Waals surface area contributed by atoms with Gasteiger partial charge in [-0.1, -0.05) is 38.1 Å². The summed E-state index contributed by atoms with van der Waals surface area (Å²) in [6.07, 6.45) is 6.10. The number of aromatic nitrogens is 3. The molecule has 0 amide bonds. The van der Waals surface area contributed by atoms with Gasteiger partial charge in [-0.3, -0.25) is 0 Å². The molecule has 10 heteroatoms. The summed E-state index contributed by atoms with van der Waals surface area (Å²) in [5, 5.41) is 14.0. The van der Waals surface area contributed by atoms with Crippen LogP contribution in [-0.2, 0) is 16.0 Å². The first kappa shape index (κ1) is 33.8. The maximum Gasteiger partial charge on any atom is 0.337 e. The monoisotopic (exact) mass is 641 g/mol. The SMILES string of the molecule is Cc1nc(Nc2cncnc2)c(-c2ccc(OCCc3ccc(F)cc3)cc2)c(N2CCC(C)(C)CC2)c1C(OC(C)(C)C)C(=O)O. The van der Waals surface area contributed by atoms with Crippen LogP contribution < -0.4 is 15.0 Å². The van der Waals surface area contributed by atoms with Crippen molar-refractivity contribution in [3.05, 3.63) is 89.9 Å². The molecule has 1 saturated heterocycles. The van der Waals surface area contributed by atoms with E-state index in [0.29, 0.717) is 41.5 Å². The van der Waals surface area contributed by atoms with Crippen LogP contribution in [0.4, 0.5) is 21.6 Å². The molecule has 1 atom stereocenters. The van der Waals surface area contributed by atoms with Crippen molar-refractivity contribution < 1.29 is 23.8 Å². The standard InChI is InChI=1S/C37H44FN5O4/c1-24-30(33(35(44)45)47-36(2,3)4)32(43-18-16-37(5,6)17-19-43)31(34(41-24)42-28-21-39-23-40-22-28)26-9-13-29(14-10-26)46-20-15-25-7-11-27(38)12-8-25/h7-14,21-23,33H,15-20H2,1-6H3,(H,41,42)(H,44,45). The van der Waals surface area contributed by atoms with Gasteiger partial charge < -0.3 is 24.8 Å².